The summed E-state index contributed by atoms with van der Waals surface area (Å²) in [7, 11) is -3.30. The molecule has 0 aromatic carbocycles. The zero-order chi connectivity index (χ0) is 13.8. The smallest absolute Gasteiger partial charge is 0.238 e. The Bertz CT molecular complexity index is 462. The molecule has 19 heavy (non-hydrogen) atoms. The fourth-order valence-corrected chi connectivity index (χ4v) is 5.27. The normalized spacial score (nSPS) is 42.1. The van der Waals surface area contributed by atoms with E-state index in [9.17, 15) is 13.2 Å². The zero-order valence-corrected chi connectivity index (χ0v) is 12.5. The van der Waals surface area contributed by atoms with Crippen molar-refractivity contribution in [2.45, 2.75) is 56.2 Å². The highest BCUT2D eigenvalue weighted by molar-refractivity contribution is 7.92. The van der Waals surface area contributed by atoms with Crippen LogP contribution in [0.1, 0.15) is 45.4 Å². The van der Waals surface area contributed by atoms with Gasteiger partial charge in [0.05, 0.1) is 0 Å². The minimum absolute atomic E-state index is 0.0925. The van der Waals surface area contributed by atoms with Crippen LogP contribution >= 0.6 is 0 Å². The molecule has 0 heterocycles. The van der Waals surface area contributed by atoms with Crippen molar-refractivity contribution < 1.29 is 13.2 Å². The van der Waals surface area contributed by atoms with Crippen molar-refractivity contribution in [2.24, 2.45) is 17.8 Å². The summed E-state index contributed by atoms with van der Waals surface area (Å²) >= 11 is 0. The Morgan fingerprint density at radius 1 is 1.11 bits per heavy atom. The molecule has 4 saturated carbocycles. The number of nitrogens with one attached hydrogen (secondary N) is 1. The summed E-state index contributed by atoms with van der Waals surface area (Å²) in [5.41, 5.74) is -0.0925. The Morgan fingerprint density at radius 2 is 1.53 bits per heavy atom. The summed E-state index contributed by atoms with van der Waals surface area (Å²) < 4.78 is 23.0. The Balaban J connectivity index is 1.75. The lowest BCUT2D eigenvalue weighted by molar-refractivity contribution is -0.126. The monoisotopic (exact) mass is 285 g/mol. The summed E-state index contributed by atoms with van der Waals surface area (Å²) in [5.74, 6) is 1.95. The van der Waals surface area contributed by atoms with Crippen LogP contribution in [0.5, 0.6) is 0 Å². The number of carbonyl (C=O) groups excluding carboxylic acids is 1. The van der Waals surface area contributed by atoms with E-state index in [0.29, 0.717) is 0 Å². The second-order valence-corrected chi connectivity index (χ2v) is 9.53. The fourth-order valence-electron chi connectivity index (χ4n) is 4.82. The quantitative estimate of drug-likeness (QED) is 0.855. The van der Waals surface area contributed by atoms with E-state index in [4.69, 9.17) is 0 Å². The minimum Gasteiger partial charge on any atom is -0.350 e. The van der Waals surface area contributed by atoms with Crippen molar-refractivity contribution in [1.29, 1.82) is 0 Å². The topological polar surface area (TPSA) is 63.2 Å². The summed E-state index contributed by atoms with van der Waals surface area (Å²) in [5, 5.41) is 2.18. The molecule has 108 valence electrons. The van der Waals surface area contributed by atoms with Gasteiger partial charge >= 0.3 is 0 Å². The Kier molecular flexibility index (Phi) is 2.97. The van der Waals surface area contributed by atoms with Crippen molar-refractivity contribution in [3.63, 3.8) is 0 Å². The Labute approximate surface area is 115 Å². The van der Waals surface area contributed by atoms with E-state index in [0.717, 1.165) is 43.3 Å². The Morgan fingerprint density at radius 3 is 1.89 bits per heavy atom. The van der Waals surface area contributed by atoms with E-state index in [1.807, 2.05) is 0 Å². The van der Waals surface area contributed by atoms with Crippen LogP contribution in [0, 0.1) is 17.8 Å². The molecule has 4 nitrogen and oxygen atoms in total. The molecule has 1 atom stereocenters. The van der Waals surface area contributed by atoms with Gasteiger partial charge in [0, 0.05) is 11.8 Å². The molecule has 4 bridgehead atoms. The maximum atomic E-state index is 12.2. The van der Waals surface area contributed by atoms with Gasteiger partial charge in [0.2, 0.25) is 5.91 Å². The molecule has 4 aliphatic rings. The molecular formula is C14H23NO3S. The number of sulfone groups is 1. The molecule has 4 aliphatic carbocycles. The molecule has 1 unspecified atom stereocenters. The number of carbonyl (C=O) groups is 1. The third-order valence-corrected chi connectivity index (χ3v) is 6.94. The number of hydrogen-bond acceptors (Lipinski definition) is 3. The average Bonchev–Trinajstić information content (AvgIpc) is 2.23. The predicted molar refractivity (Wildman–Crippen MR) is 73.4 cm³/mol. The lowest BCUT2D eigenvalue weighted by Crippen LogP contribution is -2.61. The predicted octanol–water partition coefficient (Wildman–Crippen LogP) is 1.50. The van der Waals surface area contributed by atoms with Gasteiger partial charge in [-0.3, -0.25) is 4.79 Å². The van der Waals surface area contributed by atoms with Gasteiger partial charge in [0.1, 0.15) is 5.25 Å². The van der Waals surface area contributed by atoms with Gasteiger partial charge < -0.3 is 5.32 Å². The van der Waals surface area contributed by atoms with Gasteiger partial charge in [-0.25, -0.2) is 8.42 Å². The summed E-state index contributed by atoms with van der Waals surface area (Å²) in [6, 6.07) is 0. The Hall–Kier alpha value is -0.580. The summed E-state index contributed by atoms with van der Waals surface area (Å²) in [6.07, 6.45) is 8.25. The SMILES string of the molecule is CC(C(=O)NC12CC3CC(CC(C3)C1)C2)S(C)(=O)=O. The second-order valence-electron chi connectivity index (χ2n) is 7.16. The van der Waals surface area contributed by atoms with Crippen LogP contribution in [-0.4, -0.2) is 31.4 Å². The average molecular weight is 285 g/mol. The molecule has 0 aromatic rings. The molecule has 5 heteroatoms. The molecule has 0 aliphatic heterocycles. The highest BCUT2D eigenvalue weighted by atomic mass is 32.2. The molecule has 4 rings (SSSR count). The van der Waals surface area contributed by atoms with E-state index in [1.54, 1.807) is 0 Å². The summed E-state index contributed by atoms with van der Waals surface area (Å²) in [4.78, 5) is 12.2. The first-order chi connectivity index (χ1) is 8.77. The van der Waals surface area contributed by atoms with Gasteiger partial charge in [0.25, 0.3) is 0 Å². The second kappa shape index (κ2) is 4.21. The van der Waals surface area contributed by atoms with Gasteiger partial charge in [-0.2, -0.15) is 0 Å². The maximum Gasteiger partial charge on any atom is 0.238 e. The molecule has 0 saturated heterocycles. The van der Waals surface area contributed by atoms with Gasteiger partial charge in [-0.15, -0.1) is 0 Å². The van der Waals surface area contributed by atoms with E-state index < -0.39 is 15.1 Å². The molecule has 0 aromatic heterocycles. The highest BCUT2D eigenvalue weighted by Crippen LogP contribution is 2.55. The third-order valence-electron chi connectivity index (χ3n) is 5.44. The van der Waals surface area contributed by atoms with Crippen LogP contribution < -0.4 is 5.32 Å². The largest absolute Gasteiger partial charge is 0.350 e. The van der Waals surface area contributed by atoms with Crippen molar-refractivity contribution >= 4 is 15.7 Å². The first-order valence-corrected chi connectivity index (χ1v) is 9.24. The van der Waals surface area contributed by atoms with Crippen LogP contribution in [0.3, 0.4) is 0 Å². The van der Waals surface area contributed by atoms with Gasteiger partial charge in [-0.05, 0) is 63.2 Å². The number of amides is 1. The van der Waals surface area contributed by atoms with E-state index in [2.05, 4.69) is 5.32 Å². The number of rotatable bonds is 3. The summed E-state index contributed by atoms with van der Waals surface area (Å²) in [6.45, 7) is 1.49. The molecular weight excluding hydrogens is 262 g/mol. The molecule has 4 fully saturated rings. The van der Waals surface area contributed by atoms with Gasteiger partial charge in [0.15, 0.2) is 9.84 Å². The van der Waals surface area contributed by atoms with Crippen molar-refractivity contribution in [2.75, 3.05) is 6.26 Å². The van der Waals surface area contributed by atoms with E-state index in [1.165, 1.54) is 26.2 Å². The van der Waals surface area contributed by atoms with Crippen molar-refractivity contribution in [3.05, 3.63) is 0 Å². The zero-order valence-electron chi connectivity index (χ0n) is 11.7. The minimum atomic E-state index is -3.30. The van der Waals surface area contributed by atoms with Crippen LogP contribution in [0.2, 0.25) is 0 Å². The molecule has 1 amide bonds. The fraction of sp³-hybridized carbons (Fsp3) is 0.929. The first kappa shape index (κ1) is 13.4. The molecule has 0 radical (unpaired) electrons. The molecule has 0 spiro atoms. The number of hydrogen-bond donors (Lipinski definition) is 1. The van der Waals surface area contributed by atoms with Crippen LogP contribution in [0.15, 0.2) is 0 Å². The van der Waals surface area contributed by atoms with Gasteiger partial charge in [-0.1, -0.05) is 0 Å². The first-order valence-electron chi connectivity index (χ1n) is 7.28. The third kappa shape index (κ3) is 2.41. The van der Waals surface area contributed by atoms with Crippen LogP contribution in [-0.2, 0) is 14.6 Å². The van der Waals surface area contributed by atoms with Crippen LogP contribution in [0.4, 0.5) is 0 Å². The van der Waals surface area contributed by atoms with Crippen molar-refractivity contribution in [1.82, 2.24) is 5.32 Å². The lowest BCUT2D eigenvalue weighted by atomic mass is 9.53. The van der Waals surface area contributed by atoms with E-state index >= 15 is 0 Å². The maximum absolute atomic E-state index is 12.2. The highest BCUT2D eigenvalue weighted by Gasteiger charge is 2.51. The molecule has 1 N–H and O–H groups in total. The lowest BCUT2D eigenvalue weighted by Gasteiger charge is -2.57. The van der Waals surface area contributed by atoms with Crippen LogP contribution in [0.25, 0.3) is 0 Å². The standard InChI is InChI=1S/C14H23NO3S/c1-9(19(2,17)18)13(16)15-14-6-10-3-11(7-14)5-12(4-10)8-14/h9-12H,3-8H2,1-2H3,(H,15,16). The van der Waals surface area contributed by atoms with Crippen molar-refractivity contribution in [3.8, 4) is 0 Å². The van der Waals surface area contributed by atoms with E-state index in [-0.39, 0.29) is 11.4 Å².